The molecule has 0 saturated heterocycles. The third-order valence-corrected chi connectivity index (χ3v) is 3.53. The third kappa shape index (κ3) is 2.23. The first-order chi connectivity index (χ1) is 7.10. The Morgan fingerprint density at radius 1 is 1.47 bits per heavy atom. The molecule has 2 rings (SSSR count). The third-order valence-electron chi connectivity index (χ3n) is 3.53. The molecule has 1 aromatic heterocycles. The molecule has 1 aliphatic rings. The maximum Gasteiger partial charge on any atom is 0.108 e. The molecule has 84 valence electrons. The number of aliphatic hydroxyl groups is 1. The van der Waals surface area contributed by atoms with Gasteiger partial charge in [-0.2, -0.15) is 5.10 Å². The molecule has 1 fully saturated rings. The monoisotopic (exact) mass is 208 g/mol. The van der Waals surface area contributed by atoms with Crippen LogP contribution in [0.1, 0.15) is 44.7 Å². The van der Waals surface area contributed by atoms with Gasteiger partial charge in [0.2, 0.25) is 0 Å². The summed E-state index contributed by atoms with van der Waals surface area (Å²) in [5.41, 5.74) is 0.172. The Morgan fingerprint density at radius 3 is 2.93 bits per heavy atom. The minimum absolute atomic E-state index is 0.675. The number of rotatable bonds is 1. The molecule has 0 bridgehead atoms. The maximum atomic E-state index is 10.6. The van der Waals surface area contributed by atoms with Crippen molar-refractivity contribution in [1.82, 2.24) is 9.78 Å². The average Bonchev–Trinajstić information content (AvgIpc) is 2.55. The van der Waals surface area contributed by atoms with Gasteiger partial charge in [0.1, 0.15) is 5.60 Å². The minimum atomic E-state index is -0.675. The zero-order valence-electron chi connectivity index (χ0n) is 9.61. The molecule has 0 amide bonds. The van der Waals surface area contributed by atoms with E-state index in [0.29, 0.717) is 0 Å². The fourth-order valence-corrected chi connectivity index (χ4v) is 2.42. The number of nitrogens with zero attached hydrogens (tertiary/aromatic N) is 2. The highest BCUT2D eigenvalue weighted by molar-refractivity contribution is 5.11. The Bertz CT molecular complexity index is 334. The van der Waals surface area contributed by atoms with Gasteiger partial charge < -0.3 is 5.11 Å². The van der Waals surface area contributed by atoms with E-state index in [0.717, 1.165) is 37.3 Å². The van der Waals surface area contributed by atoms with Crippen LogP contribution < -0.4 is 0 Å². The van der Waals surface area contributed by atoms with Gasteiger partial charge in [-0.3, -0.25) is 4.68 Å². The van der Waals surface area contributed by atoms with Crippen LogP contribution in [0.15, 0.2) is 12.3 Å². The van der Waals surface area contributed by atoms with Crippen LogP contribution in [-0.4, -0.2) is 14.9 Å². The lowest BCUT2D eigenvalue weighted by Crippen LogP contribution is -2.25. The van der Waals surface area contributed by atoms with Crippen molar-refractivity contribution < 1.29 is 5.11 Å². The van der Waals surface area contributed by atoms with Gasteiger partial charge in [0.05, 0.1) is 5.69 Å². The lowest BCUT2D eigenvalue weighted by molar-refractivity contribution is 0.0150. The average molecular weight is 208 g/mol. The fraction of sp³-hybridized carbons (Fsp3) is 0.750. The minimum Gasteiger partial charge on any atom is -0.383 e. The predicted octanol–water partition coefficient (Wildman–Crippen LogP) is 2.21. The van der Waals surface area contributed by atoms with Crippen LogP contribution in [0.5, 0.6) is 0 Å². The number of hydrogen-bond donors (Lipinski definition) is 1. The maximum absolute atomic E-state index is 10.6. The van der Waals surface area contributed by atoms with Gasteiger partial charge in [0.25, 0.3) is 0 Å². The summed E-state index contributed by atoms with van der Waals surface area (Å²) in [4.78, 5) is 0. The molecule has 1 heterocycles. The van der Waals surface area contributed by atoms with Gasteiger partial charge in [-0.25, -0.2) is 0 Å². The van der Waals surface area contributed by atoms with E-state index in [2.05, 4.69) is 12.0 Å². The first kappa shape index (κ1) is 10.7. The molecule has 1 saturated carbocycles. The highest BCUT2D eigenvalue weighted by Gasteiger charge is 2.33. The molecule has 2 unspecified atom stereocenters. The zero-order chi connectivity index (χ0) is 10.9. The van der Waals surface area contributed by atoms with Crippen molar-refractivity contribution in [1.29, 1.82) is 0 Å². The van der Waals surface area contributed by atoms with Crippen LogP contribution in [0.4, 0.5) is 0 Å². The van der Waals surface area contributed by atoms with Gasteiger partial charge in [-0.05, 0) is 37.7 Å². The van der Waals surface area contributed by atoms with E-state index >= 15 is 0 Å². The summed E-state index contributed by atoms with van der Waals surface area (Å²) < 4.78 is 1.77. The molecule has 2 atom stereocenters. The molecule has 3 heteroatoms. The number of aromatic nitrogens is 2. The van der Waals surface area contributed by atoms with Crippen molar-refractivity contribution in [3.63, 3.8) is 0 Å². The first-order valence-electron chi connectivity index (χ1n) is 5.83. The van der Waals surface area contributed by atoms with E-state index in [4.69, 9.17) is 0 Å². The molecular formula is C12H20N2O. The predicted molar refractivity (Wildman–Crippen MR) is 59.4 cm³/mol. The van der Waals surface area contributed by atoms with Crippen molar-refractivity contribution in [3.05, 3.63) is 18.0 Å². The second-order valence-electron chi connectivity index (χ2n) is 4.94. The second-order valence-corrected chi connectivity index (χ2v) is 4.94. The summed E-state index contributed by atoms with van der Waals surface area (Å²) in [5, 5.41) is 14.9. The molecule has 3 nitrogen and oxygen atoms in total. The van der Waals surface area contributed by atoms with Crippen molar-refractivity contribution >= 4 is 0 Å². The largest absolute Gasteiger partial charge is 0.383 e. The SMILES string of the molecule is CC1CCCC(O)(c2ccn(C)n2)CC1. The van der Waals surface area contributed by atoms with E-state index in [1.165, 1.54) is 6.42 Å². The summed E-state index contributed by atoms with van der Waals surface area (Å²) in [7, 11) is 1.90. The summed E-state index contributed by atoms with van der Waals surface area (Å²) in [6.07, 6.45) is 7.05. The Labute approximate surface area is 91.1 Å². The smallest absolute Gasteiger partial charge is 0.108 e. The summed E-state index contributed by atoms with van der Waals surface area (Å²) in [6, 6.07) is 1.94. The normalized spacial score (nSPS) is 32.6. The highest BCUT2D eigenvalue weighted by Crippen LogP contribution is 2.36. The van der Waals surface area contributed by atoms with E-state index in [1.54, 1.807) is 4.68 Å². The van der Waals surface area contributed by atoms with E-state index in [1.807, 2.05) is 19.3 Å². The Kier molecular flexibility index (Phi) is 2.83. The molecule has 1 aromatic rings. The summed E-state index contributed by atoms with van der Waals surface area (Å²) >= 11 is 0. The topological polar surface area (TPSA) is 38.0 Å². The van der Waals surface area contributed by atoms with E-state index in [9.17, 15) is 5.11 Å². The molecule has 0 aliphatic heterocycles. The lowest BCUT2D eigenvalue weighted by Gasteiger charge is -2.24. The second kappa shape index (κ2) is 3.97. The molecule has 15 heavy (non-hydrogen) atoms. The van der Waals surface area contributed by atoms with Crippen LogP contribution in [0.25, 0.3) is 0 Å². The Morgan fingerprint density at radius 2 is 2.27 bits per heavy atom. The lowest BCUT2D eigenvalue weighted by atomic mass is 9.90. The zero-order valence-corrected chi connectivity index (χ0v) is 9.61. The van der Waals surface area contributed by atoms with Gasteiger partial charge in [0.15, 0.2) is 0 Å². The standard InChI is InChI=1S/C12H20N2O/c1-10-4-3-7-12(15,8-5-10)11-6-9-14(2)13-11/h6,9-10,15H,3-5,7-8H2,1-2H3. The fourth-order valence-electron chi connectivity index (χ4n) is 2.42. The van der Waals surface area contributed by atoms with Gasteiger partial charge in [-0.15, -0.1) is 0 Å². The van der Waals surface area contributed by atoms with E-state index in [-0.39, 0.29) is 0 Å². The van der Waals surface area contributed by atoms with Crippen LogP contribution in [0.2, 0.25) is 0 Å². The molecule has 1 N–H and O–H groups in total. The van der Waals surface area contributed by atoms with Crippen molar-refractivity contribution in [2.45, 2.75) is 44.6 Å². The van der Waals surface area contributed by atoms with Gasteiger partial charge in [0, 0.05) is 13.2 Å². The first-order valence-corrected chi connectivity index (χ1v) is 5.83. The quantitative estimate of drug-likeness (QED) is 0.718. The number of hydrogen-bond acceptors (Lipinski definition) is 2. The molecule has 0 aromatic carbocycles. The van der Waals surface area contributed by atoms with Crippen molar-refractivity contribution in [2.75, 3.05) is 0 Å². The Balaban J connectivity index is 2.18. The van der Waals surface area contributed by atoms with Crippen LogP contribution in [0, 0.1) is 5.92 Å². The summed E-state index contributed by atoms with van der Waals surface area (Å²) in [5.74, 6) is 0.739. The van der Waals surface area contributed by atoms with Crippen LogP contribution in [-0.2, 0) is 12.6 Å². The van der Waals surface area contributed by atoms with Crippen molar-refractivity contribution in [3.8, 4) is 0 Å². The highest BCUT2D eigenvalue weighted by atomic mass is 16.3. The number of aryl methyl sites for hydroxylation is 1. The van der Waals surface area contributed by atoms with Crippen LogP contribution in [0.3, 0.4) is 0 Å². The van der Waals surface area contributed by atoms with E-state index < -0.39 is 5.60 Å². The molecule has 0 spiro atoms. The Hall–Kier alpha value is -0.830. The van der Waals surface area contributed by atoms with Gasteiger partial charge >= 0.3 is 0 Å². The van der Waals surface area contributed by atoms with Crippen molar-refractivity contribution in [2.24, 2.45) is 13.0 Å². The molecule has 1 aliphatic carbocycles. The van der Waals surface area contributed by atoms with Crippen LogP contribution >= 0.6 is 0 Å². The van der Waals surface area contributed by atoms with Gasteiger partial charge in [-0.1, -0.05) is 13.3 Å². The molecule has 0 radical (unpaired) electrons. The molecular weight excluding hydrogens is 188 g/mol. The summed E-state index contributed by atoms with van der Waals surface area (Å²) in [6.45, 7) is 2.27.